The van der Waals surface area contributed by atoms with E-state index in [4.69, 9.17) is 4.74 Å². The summed E-state index contributed by atoms with van der Waals surface area (Å²) in [6.07, 6.45) is 3.88. The van der Waals surface area contributed by atoms with Gasteiger partial charge >= 0.3 is 0 Å². The molecule has 5 nitrogen and oxygen atoms in total. The minimum absolute atomic E-state index is 0.0243. The molecule has 29 heavy (non-hydrogen) atoms. The van der Waals surface area contributed by atoms with Gasteiger partial charge in [0.05, 0.1) is 13.2 Å². The van der Waals surface area contributed by atoms with Gasteiger partial charge in [0, 0.05) is 31.6 Å². The number of hydrogen-bond acceptors (Lipinski definition) is 3. The molecule has 158 valence electrons. The van der Waals surface area contributed by atoms with E-state index in [0.29, 0.717) is 68.5 Å². The number of rotatable bonds is 6. The molecule has 0 saturated carbocycles. The molecule has 1 aromatic carbocycles. The van der Waals surface area contributed by atoms with Gasteiger partial charge in [-0.15, -0.1) is 0 Å². The lowest BCUT2D eigenvalue weighted by Gasteiger charge is -2.38. The van der Waals surface area contributed by atoms with Crippen LogP contribution in [-0.2, 0) is 9.53 Å². The number of carbonyl (C=O) groups is 2. The molecule has 0 aromatic heterocycles. The summed E-state index contributed by atoms with van der Waals surface area (Å²) in [5, 5.41) is 3.11. The predicted molar refractivity (Wildman–Crippen MR) is 114 cm³/mol. The largest absolute Gasteiger partial charge is 0.378 e. The summed E-state index contributed by atoms with van der Waals surface area (Å²) in [6, 6.07) is 9.35. The Morgan fingerprint density at radius 2 is 1.86 bits per heavy atom. The maximum absolute atomic E-state index is 12.7. The summed E-state index contributed by atoms with van der Waals surface area (Å²) < 4.78 is 5.36. The molecule has 1 fully saturated rings. The highest BCUT2D eigenvalue weighted by Crippen LogP contribution is 2.39. The number of hydrogen-bond donors (Lipinski definition) is 1. The Balaban J connectivity index is 1.62. The van der Waals surface area contributed by atoms with Crippen molar-refractivity contribution in [3.8, 4) is 0 Å². The van der Waals surface area contributed by atoms with E-state index in [9.17, 15) is 9.59 Å². The Hall–Kier alpha value is -2.14. The van der Waals surface area contributed by atoms with Crippen LogP contribution in [0.25, 0.3) is 0 Å². The normalized spacial score (nSPS) is 24.9. The lowest BCUT2D eigenvalue weighted by molar-refractivity contribution is -0.136. The summed E-state index contributed by atoms with van der Waals surface area (Å²) in [7, 11) is 0. The zero-order valence-corrected chi connectivity index (χ0v) is 17.9. The van der Waals surface area contributed by atoms with Crippen molar-refractivity contribution in [1.82, 2.24) is 10.2 Å². The van der Waals surface area contributed by atoms with Crippen LogP contribution in [0.3, 0.4) is 0 Å². The molecule has 0 spiro atoms. The van der Waals surface area contributed by atoms with E-state index in [1.54, 1.807) is 0 Å². The molecule has 3 unspecified atom stereocenters. The summed E-state index contributed by atoms with van der Waals surface area (Å²) in [5.41, 5.74) is 1.97. The van der Waals surface area contributed by atoms with Crippen LogP contribution in [0.5, 0.6) is 0 Å². The summed E-state index contributed by atoms with van der Waals surface area (Å²) in [6.45, 7) is 9.95. The number of amides is 2. The van der Waals surface area contributed by atoms with E-state index >= 15 is 0 Å². The third-order valence-corrected chi connectivity index (χ3v) is 6.40. The third-order valence-electron chi connectivity index (χ3n) is 6.40. The monoisotopic (exact) mass is 398 g/mol. The van der Waals surface area contributed by atoms with Crippen molar-refractivity contribution in [2.24, 2.45) is 23.7 Å². The fourth-order valence-electron chi connectivity index (χ4n) is 4.56. The highest BCUT2D eigenvalue weighted by molar-refractivity contribution is 5.94. The second kappa shape index (κ2) is 10.1. The quantitative estimate of drug-likeness (QED) is 0.746. The van der Waals surface area contributed by atoms with E-state index in [1.165, 1.54) is 5.57 Å². The Kier molecular flexibility index (Phi) is 7.48. The van der Waals surface area contributed by atoms with Gasteiger partial charge in [0.2, 0.25) is 5.91 Å². The first-order valence-electron chi connectivity index (χ1n) is 10.8. The lowest BCUT2D eigenvalue weighted by atomic mass is 9.69. The molecular formula is C24H34N2O3. The van der Waals surface area contributed by atoms with Gasteiger partial charge in [0.15, 0.2) is 0 Å². The van der Waals surface area contributed by atoms with Crippen LogP contribution < -0.4 is 5.32 Å². The van der Waals surface area contributed by atoms with Crippen molar-refractivity contribution in [2.75, 3.05) is 32.8 Å². The minimum atomic E-state index is -0.0243. The molecule has 2 aliphatic rings. The van der Waals surface area contributed by atoms with Crippen molar-refractivity contribution in [1.29, 1.82) is 0 Å². The molecule has 3 atom stereocenters. The van der Waals surface area contributed by atoms with Crippen LogP contribution in [0, 0.1) is 23.7 Å². The number of morpholine rings is 1. The number of allylic oxidation sites excluding steroid dienone is 1. The van der Waals surface area contributed by atoms with Crippen LogP contribution in [0.1, 0.15) is 44.0 Å². The van der Waals surface area contributed by atoms with E-state index in [1.807, 2.05) is 35.2 Å². The molecule has 5 heteroatoms. The molecule has 0 radical (unpaired) electrons. The fourth-order valence-corrected chi connectivity index (χ4v) is 4.56. The van der Waals surface area contributed by atoms with Gasteiger partial charge in [0.25, 0.3) is 5.91 Å². The first kappa shape index (κ1) is 21.6. The highest BCUT2D eigenvalue weighted by atomic mass is 16.5. The molecule has 1 saturated heterocycles. The van der Waals surface area contributed by atoms with Gasteiger partial charge in [0.1, 0.15) is 0 Å². The molecule has 1 aromatic rings. The van der Waals surface area contributed by atoms with Crippen molar-refractivity contribution in [3.05, 3.63) is 47.5 Å². The number of nitrogens with zero attached hydrogens (tertiary/aromatic N) is 1. The summed E-state index contributed by atoms with van der Waals surface area (Å²) in [5.74, 6) is 1.76. The van der Waals surface area contributed by atoms with Crippen LogP contribution in [0.2, 0.25) is 0 Å². The van der Waals surface area contributed by atoms with Gasteiger partial charge in [-0.3, -0.25) is 9.59 Å². The average molecular weight is 399 g/mol. The average Bonchev–Trinajstić information content (AvgIpc) is 2.74. The maximum atomic E-state index is 12.7. The minimum Gasteiger partial charge on any atom is -0.378 e. The molecule has 1 heterocycles. The number of nitrogens with one attached hydrogen (secondary N) is 1. The second-order valence-electron chi connectivity index (χ2n) is 8.69. The number of carbonyl (C=O) groups excluding carboxylic acids is 2. The Morgan fingerprint density at radius 3 is 2.52 bits per heavy atom. The number of benzene rings is 1. The smallest absolute Gasteiger partial charge is 0.251 e. The van der Waals surface area contributed by atoms with E-state index < -0.39 is 0 Å². The van der Waals surface area contributed by atoms with Gasteiger partial charge in [-0.25, -0.2) is 0 Å². The van der Waals surface area contributed by atoms with Crippen molar-refractivity contribution >= 4 is 11.8 Å². The molecular weight excluding hydrogens is 364 g/mol. The first-order valence-corrected chi connectivity index (χ1v) is 10.8. The predicted octanol–water partition coefficient (Wildman–Crippen LogP) is 3.52. The molecule has 1 aliphatic heterocycles. The molecule has 1 aliphatic carbocycles. The molecule has 1 N–H and O–H groups in total. The Morgan fingerprint density at radius 1 is 1.17 bits per heavy atom. The maximum Gasteiger partial charge on any atom is 0.251 e. The van der Waals surface area contributed by atoms with E-state index in [2.05, 4.69) is 32.2 Å². The Bertz CT molecular complexity index is 723. The third kappa shape index (κ3) is 5.69. The SMILES string of the molecule is CC1=CC(CNC(=O)c2ccccc2)C(C(C)C)CC1CC(=O)N1CCOCC1. The second-order valence-corrected chi connectivity index (χ2v) is 8.69. The molecule has 3 rings (SSSR count). The van der Waals surface area contributed by atoms with Crippen molar-refractivity contribution in [3.63, 3.8) is 0 Å². The van der Waals surface area contributed by atoms with Gasteiger partial charge < -0.3 is 15.0 Å². The zero-order chi connectivity index (χ0) is 20.8. The summed E-state index contributed by atoms with van der Waals surface area (Å²) in [4.78, 5) is 27.1. The molecule has 2 amide bonds. The van der Waals surface area contributed by atoms with E-state index in [-0.39, 0.29) is 11.8 Å². The summed E-state index contributed by atoms with van der Waals surface area (Å²) >= 11 is 0. The van der Waals surface area contributed by atoms with Crippen molar-refractivity contribution in [2.45, 2.75) is 33.6 Å². The standard InChI is InChI=1S/C24H34N2O3/c1-17(2)22-14-20(15-23(27)26-9-11-29-12-10-26)18(3)13-21(22)16-25-24(28)19-7-5-4-6-8-19/h4-8,13,17,20-22H,9-12,14-16H2,1-3H3,(H,25,28). The fraction of sp³-hybridized carbons (Fsp3) is 0.583. The van der Waals surface area contributed by atoms with Gasteiger partial charge in [-0.05, 0) is 49.1 Å². The lowest BCUT2D eigenvalue weighted by Crippen LogP contribution is -2.42. The highest BCUT2D eigenvalue weighted by Gasteiger charge is 2.33. The van der Waals surface area contributed by atoms with Crippen LogP contribution >= 0.6 is 0 Å². The first-order chi connectivity index (χ1) is 14.0. The van der Waals surface area contributed by atoms with Crippen LogP contribution in [0.4, 0.5) is 0 Å². The van der Waals surface area contributed by atoms with Crippen LogP contribution in [-0.4, -0.2) is 49.6 Å². The topological polar surface area (TPSA) is 58.6 Å². The van der Waals surface area contributed by atoms with Gasteiger partial charge in [-0.2, -0.15) is 0 Å². The molecule has 0 bridgehead atoms. The number of ether oxygens (including phenoxy) is 1. The van der Waals surface area contributed by atoms with E-state index in [0.717, 1.165) is 6.42 Å². The Labute approximate surface area is 174 Å². The van der Waals surface area contributed by atoms with Crippen LogP contribution in [0.15, 0.2) is 42.0 Å². The van der Waals surface area contributed by atoms with Gasteiger partial charge in [-0.1, -0.05) is 43.7 Å². The zero-order valence-electron chi connectivity index (χ0n) is 17.9. The van der Waals surface area contributed by atoms with Crippen molar-refractivity contribution < 1.29 is 14.3 Å².